The summed E-state index contributed by atoms with van der Waals surface area (Å²) in [7, 11) is 1.48. The minimum absolute atomic E-state index is 0.0278. The number of hydrogen-bond donors (Lipinski definition) is 3. The first-order valence-corrected chi connectivity index (χ1v) is 4.86. The van der Waals surface area contributed by atoms with Crippen LogP contribution in [0.3, 0.4) is 0 Å². The Bertz CT molecular complexity index is 288. The summed E-state index contributed by atoms with van der Waals surface area (Å²) in [6, 6.07) is 0.0278. The van der Waals surface area contributed by atoms with Crippen LogP contribution < -0.4 is 11.1 Å². The Kier molecular flexibility index (Phi) is 5.91. The number of amidine groups is 1. The number of likely N-dealkylation sites (N-methyl/N-ethyl adjacent to an activating group) is 1. The molecule has 0 aliphatic rings. The quantitative estimate of drug-likeness (QED) is 0.246. The highest BCUT2D eigenvalue weighted by atomic mass is 16.4. The van der Waals surface area contributed by atoms with E-state index in [0.717, 1.165) is 0 Å². The molecule has 7 heteroatoms. The molecule has 92 valence electrons. The highest BCUT2D eigenvalue weighted by Gasteiger charge is 2.14. The van der Waals surface area contributed by atoms with Crippen molar-refractivity contribution in [2.45, 2.75) is 26.3 Å². The van der Waals surface area contributed by atoms with Crippen LogP contribution in [0.4, 0.5) is 0 Å². The molecule has 0 fully saturated rings. The first-order valence-electron chi connectivity index (χ1n) is 4.86. The van der Waals surface area contributed by atoms with Crippen LogP contribution in [0.2, 0.25) is 0 Å². The first kappa shape index (κ1) is 14.2. The molecular formula is C9H18N4O3. The van der Waals surface area contributed by atoms with E-state index >= 15 is 0 Å². The Morgan fingerprint density at radius 2 is 2.06 bits per heavy atom. The molecule has 0 spiro atoms. The molecule has 0 aromatic carbocycles. The standard InChI is InChI=1S/C9H18N4O3/c1-6(2)11-8(14)5-13(3)9(15)4-7(10)12-16/h6,16H,4-5H2,1-3H3,(H2,10,12)(H,11,14). The SMILES string of the molecule is CC(C)NC(=O)CN(C)C(=O)CC(N)=NO. The van der Waals surface area contributed by atoms with Crippen LogP contribution >= 0.6 is 0 Å². The van der Waals surface area contributed by atoms with E-state index in [0.29, 0.717) is 0 Å². The molecule has 0 atom stereocenters. The number of amides is 2. The number of nitrogens with zero attached hydrogens (tertiary/aromatic N) is 2. The van der Waals surface area contributed by atoms with Gasteiger partial charge in [0.05, 0.1) is 13.0 Å². The van der Waals surface area contributed by atoms with E-state index in [9.17, 15) is 9.59 Å². The van der Waals surface area contributed by atoms with Gasteiger partial charge in [-0.2, -0.15) is 0 Å². The number of nitrogens with two attached hydrogens (primary N) is 1. The predicted molar refractivity (Wildman–Crippen MR) is 58.9 cm³/mol. The van der Waals surface area contributed by atoms with Gasteiger partial charge in [-0.25, -0.2) is 0 Å². The van der Waals surface area contributed by atoms with Crippen LogP contribution in [0.15, 0.2) is 5.16 Å². The van der Waals surface area contributed by atoms with E-state index in [1.807, 2.05) is 13.8 Å². The van der Waals surface area contributed by atoms with E-state index in [1.54, 1.807) is 0 Å². The summed E-state index contributed by atoms with van der Waals surface area (Å²) in [5.74, 6) is -0.805. The van der Waals surface area contributed by atoms with Gasteiger partial charge < -0.3 is 21.2 Å². The normalized spacial score (nSPS) is 11.4. The first-order chi connectivity index (χ1) is 7.36. The lowest BCUT2D eigenvalue weighted by Crippen LogP contribution is -2.41. The van der Waals surface area contributed by atoms with Crippen molar-refractivity contribution >= 4 is 17.6 Å². The molecule has 0 aromatic heterocycles. The summed E-state index contributed by atoms with van der Waals surface area (Å²) < 4.78 is 0. The van der Waals surface area contributed by atoms with Crippen LogP contribution in [0.5, 0.6) is 0 Å². The van der Waals surface area contributed by atoms with E-state index in [1.165, 1.54) is 11.9 Å². The third kappa shape index (κ3) is 5.84. The summed E-state index contributed by atoms with van der Waals surface area (Å²) in [5, 5.41) is 13.6. The van der Waals surface area contributed by atoms with Crippen LogP contribution in [0.25, 0.3) is 0 Å². The Morgan fingerprint density at radius 3 is 2.50 bits per heavy atom. The molecule has 0 heterocycles. The summed E-state index contributed by atoms with van der Waals surface area (Å²) in [6.45, 7) is 3.61. The van der Waals surface area contributed by atoms with Crippen LogP contribution in [0, 0.1) is 0 Å². The molecule has 16 heavy (non-hydrogen) atoms. The highest BCUT2D eigenvalue weighted by Crippen LogP contribution is 1.91. The fraction of sp³-hybridized carbons (Fsp3) is 0.667. The molecule has 0 radical (unpaired) electrons. The molecule has 0 rings (SSSR count). The maximum atomic E-state index is 11.4. The van der Waals surface area contributed by atoms with Gasteiger partial charge in [-0.1, -0.05) is 5.16 Å². The van der Waals surface area contributed by atoms with Gasteiger partial charge in [-0.05, 0) is 13.8 Å². The monoisotopic (exact) mass is 230 g/mol. The van der Waals surface area contributed by atoms with E-state index in [-0.39, 0.29) is 36.7 Å². The number of hydrogen-bond acceptors (Lipinski definition) is 4. The third-order valence-electron chi connectivity index (χ3n) is 1.72. The third-order valence-corrected chi connectivity index (χ3v) is 1.72. The van der Waals surface area contributed by atoms with Crippen LogP contribution in [-0.2, 0) is 9.59 Å². The molecule has 0 aliphatic heterocycles. The average Bonchev–Trinajstić information content (AvgIpc) is 2.15. The van der Waals surface area contributed by atoms with Gasteiger partial charge in [-0.3, -0.25) is 9.59 Å². The van der Waals surface area contributed by atoms with Gasteiger partial charge in [-0.15, -0.1) is 0 Å². The maximum absolute atomic E-state index is 11.4. The summed E-state index contributed by atoms with van der Waals surface area (Å²) >= 11 is 0. The fourth-order valence-electron chi connectivity index (χ4n) is 0.996. The Labute approximate surface area is 94.3 Å². The van der Waals surface area contributed by atoms with E-state index < -0.39 is 0 Å². The molecule has 4 N–H and O–H groups in total. The molecule has 0 saturated heterocycles. The van der Waals surface area contributed by atoms with E-state index in [4.69, 9.17) is 10.9 Å². The highest BCUT2D eigenvalue weighted by molar-refractivity contribution is 5.99. The second-order valence-corrected chi connectivity index (χ2v) is 3.74. The average molecular weight is 230 g/mol. The lowest BCUT2D eigenvalue weighted by Gasteiger charge is -2.17. The van der Waals surface area contributed by atoms with Crippen molar-refractivity contribution in [1.29, 1.82) is 0 Å². The fourth-order valence-corrected chi connectivity index (χ4v) is 0.996. The molecule has 0 unspecified atom stereocenters. The molecule has 0 saturated carbocycles. The minimum Gasteiger partial charge on any atom is -0.409 e. The Balaban J connectivity index is 4.10. The topological polar surface area (TPSA) is 108 Å². The van der Waals surface area contributed by atoms with Crippen molar-refractivity contribution in [3.05, 3.63) is 0 Å². The zero-order valence-corrected chi connectivity index (χ0v) is 9.73. The van der Waals surface area contributed by atoms with Gasteiger partial charge in [0.2, 0.25) is 11.8 Å². The second-order valence-electron chi connectivity index (χ2n) is 3.74. The summed E-state index contributed by atoms with van der Waals surface area (Å²) in [5.41, 5.74) is 5.18. The number of nitrogens with one attached hydrogen (secondary N) is 1. The Hall–Kier alpha value is -1.79. The molecule has 7 nitrogen and oxygen atoms in total. The number of rotatable bonds is 5. The van der Waals surface area contributed by atoms with Gasteiger partial charge in [0.25, 0.3) is 0 Å². The van der Waals surface area contributed by atoms with Gasteiger partial charge in [0.15, 0.2) is 0 Å². The molecule has 2 amide bonds. The molecular weight excluding hydrogens is 212 g/mol. The molecule has 0 aliphatic carbocycles. The summed E-state index contributed by atoms with van der Waals surface area (Å²) in [4.78, 5) is 23.9. The zero-order valence-electron chi connectivity index (χ0n) is 9.73. The smallest absolute Gasteiger partial charge is 0.239 e. The lowest BCUT2D eigenvalue weighted by atomic mass is 10.3. The number of carbonyl (C=O) groups is 2. The Morgan fingerprint density at radius 1 is 1.50 bits per heavy atom. The van der Waals surface area contributed by atoms with Gasteiger partial charge >= 0.3 is 0 Å². The van der Waals surface area contributed by atoms with Gasteiger partial charge in [0.1, 0.15) is 5.84 Å². The van der Waals surface area contributed by atoms with Crippen LogP contribution in [-0.4, -0.2) is 47.4 Å². The van der Waals surface area contributed by atoms with Crippen molar-refractivity contribution in [3.8, 4) is 0 Å². The minimum atomic E-state index is -0.380. The van der Waals surface area contributed by atoms with Crippen molar-refractivity contribution in [2.24, 2.45) is 10.9 Å². The lowest BCUT2D eigenvalue weighted by molar-refractivity contribution is -0.134. The van der Waals surface area contributed by atoms with Crippen molar-refractivity contribution in [2.75, 3.05) is 13.6 Å². The summed E-state index contributed by atoms with van der Waals surface area (Å²) in [6.07, 6.45) is -0.206. The van der Waals surface area contributed by atoms with Crippen molar-refractivity contribution in [3.63, 3.8) is 0 Å². The van der Waals surface area contributed by atoms with Crippen molar-refractivity contribution < 1.29 is 14.8 Å². The van der Waals surface area contributed by atoms with Crippen molar-refractivity contribution in [1.82, 2.24) is 10.2 Å². The van der Waals surface area contributed by atoms with Crippen LogP contribution in [0.1, 0.15) is 20.3 Å². The predicted octanol–water partition coefficient (Wildman–Crippen LogP) is -0.894. The number of carbonyl (C=O) groups excluding carboxylic acids is 2. The zero-order chi connectivity index (χ0) is 12.7. The largest absolute Gasteiger partial charge is 0.409 e. The van der Waals surface area contributed by atoms with E-state index in [2.05, 4.69) is 10.5 Å². The number of oxime groups is 1. The molecule has 0 aromatic rings. The van der Waals surface area contributed by atoms with Gasteiger partial charge in [0, 0.05) is 13.1 Å². The second kappa shape index (κ2) is 6.65. The molecule has 0 bridgehead atoms. The maximum Gasteiger partial charge on any atom is 0.239 e.